The number of nitrogens with zero attached hydrogens (tertiary/aromatic N) is 4. The van der Waals surface area contributed by atoms with Gasteiger partial charge in [0.15, 0.2) is 0 Å². The SMILES string of the molecule is CN1CC(C)([C@](O)(c2ccc(C3CC3)cc2)c2cncc(-c3cn(C45CC(CO)(C4)C5)cn3)c2)C1. The van der Waals surface area contributed by atoms with Crippen molar-refractivity contribution in [3.8, 4) is 11.3 Å². The fraction of sp³-hybridized carbons (Fsp3) is 0.517. The van der Waals surface area contributed by atoms with Gasteiger partial charge < -0.3 is 19.7 Å². The highest BCUT2D eigenvalue weighted by Gasteiger charge is 2.68. The van der Waals surface area contributed by atoms with Crippen LogP contribution in [-0.2, 0) is 11.1 Å². The number of hydrogen-bond donors (Lipinski definition) is 2. The number of rotatable bonds is 7. The van der Waals surface area contributed by atoms with Crippen molar-refractivity contribution in [1.29, 1.82) is 0 Å². The smallest absolute Gasteiger partial charge is 0.124 e. The van der Waals surface area contributed by atoms with E-state index in [2.05, 4.69) is 65.0 Å². The van der Waals surface area contributed by atoms with E-state index in [0.717, 1.165) is 54.7 Å². The number of benzene rings is 1. The molecule has 0 unspecified atom stereocenters. The summed E-state index contributed by atoms with van der Waals surface area (Å²) in [6.45, 7) is 4.11. The third-order valence-corrected chi connectivity index (χ3v) is 9.52. The molecule has 1 atom stereocenters. The lowest BCUT2D eigenvalue weighted by molar-refractivity contribution is -0.207. The molecule has 5 fully saturated rings. The van der Waals surface area contributed by atoms with Gasteiger partial charge in [-0.15, -0.1) is 0 Å². The topological polar surface area (TPSA) is 74.4 Å². The molecule has 6 nitrogen and oxygen atoms in total. The molecule has 3 heterocycles. The molecule has 4 aliphatic carbocycles. The van der Waals surface area contributed by atoms with E-state index in [1.165, 1.54) is 18.4 Å². The number of aliphatic hydroxyl groups excluding tert-OH is 1. The van der Waals surface area contributed by atoms with Gasteiger partial charge in [0.05, 0.1) is 12.0 Å². The van der Waals surface area contributed by atoms with Crippen LogP contribution in [0.2, 0.25) is 0 Å². The summed E-state index contributed by atoms with van der Waals surface area (Å²) in [4.78, 5) is 11.6. The van der Waals surface area contributed by atoms with Crippen LogP contribution in [0.3, 0.4) is 0 Å². The predicted molar refractivity (Wildman–Crippen MR) is 134 cm³/mol. The van der Waals surface area contributed by atoms with Crippen molar-refractivity contribution in [3.63, 3.8) is 0 Å². The lowest BCUT2D eigenvalue weighted by atomic mass is 9.39. The third kappa shape index (κ3) is 3.00. The summed E-state index contributed by atoms with van der Waals surface area (Å²) in [5, 5.41) is 22.1. The van der Waals surface area contributed by atoms with E-state index in [4.69, 9.17) is 4.98 Å². The first-order chi connectivity index (χ1) is 16.8. The van der Waals surface area contributed by atoms with Gasteiger partial charge in [0.2, 0.25) is 0 Å². The second-order valence-electron chi connectivity index (χ2n) is 12.4. The normalized spacial score (nSPS) is 30.6. The molecule has 1 aromatic carbocycles. The van der Waals surface area contributed by atoms with Gasteiger partial charge in [-0.25, -0.2) is 4.98 Å². The van der Waals surface area contributed by atoms with Gasteiger partial charge in [-0.2, -0.15) is 0 Å². The highest BCUT2D eigenvalue weighted by molar-refractivity contribution is 5.59. The van der Waals surface area contributed by atoms with E-state index in [9.17, 15) is 10.2 Å². The number of aromatic nitrogens is 3. The van der Waals surface area contributed by atoms with E-state index in [0.29, 0.717) is 5.92 Å². The first-order valence-corrected chi connectivity index (χ1v) is 12.9. The largest absolute Gasteiger partial charge is 0.396 e. The Morgan fingerprint density at radius 1 is 1.06 bits per heavy atom. The molecule has 182 valence electrons. The average Bonchev–Trinajstić information content (AvgIpc) is 3.54. The molecular formula is C29H34N4O2. The Bertz CT molecular complexity index is 1270. The molecule has 2 N–H and O–H groups in total. The van der Waals surface area contributed by atoms with Gasteiger partial charge in [-0.05, 0) is 62.3 Å². The standard InChI is InChI=1S/C29H34N4O2/c1-26(16-32(2)17-26)29(35,23-7-5-21(6-8-23)20-3-4-20)24-9-22(10-30-11-24)25-12-33(19-31-25)28-13-27(14-28,15-28)18-34/h5-12,19-20,34-35H,3-4,13-18H2,1-2H3/t27?,28?,29-/m0/s1. The van der Waals surface area contributed by atoms with Crippen molar-refractivity contribution in [2.75, 3.05) is 26.7 Å². The number of likely N-dealkylation sites (tertiary alicyclic amines) is 1. The van der Waals surface area contributed by atoms with Gasteiger partial charge >= 0.3 is 0 Å². The Morgan fingerprint density at radius 2 is 1.77 bits per heavy atom. The fourth-order valence-corrected chi connectivity index (χ4v) is 7.54. The predicted octanol–water partition coefficient (Wildman–Crippen LogP) is 3.88. The first kappa shape index (κ1) is 21.7. The van der Waals surface area contributed by atoms with Gasteiger partial charge in [0, 0.05) is 65.8 Å². The Labute approximate surface area is 206 Å². The van der Waals surface area contributed by atoms with Gasteiger partial charge in [-0.3, -0.25) is 4.98 Å². The van der Waals surface area contributed by atoms with E-state index >= 15 is 0 Å². The molecule has 5 aliphatic rings. The first-order valence-electron chi connectivity index (χ1n) is 12.9. The molecule has 1 aliphatic heterocycles. The molecule has 2 aromatic heterocycles. The quantitative estimate of drug-likeness (QED) is 0.548. The Kier molecular flexibility index (Phi) is 4.36. The minimum absolute atomic E-state index is 0.132. The summed E-state index contributed by atoms with van der Waals surface area (Å²) >= 11 is 0. The summed E-state index contributed by atoms with van der Waals surface area (Å²) in [7, 11) is 2.10. The third-order valence-electron chi connectivity index (χ3n) is 9.52. The molecule has 35 heavy (non-hydrogen) atoms. The molecule has 3 aromatic rings. The zero-order valence-corrected chi connectivity index (χ0v) is 20.6. The van der Waals surface area contributed by atoms with Crippen LogP contribution in [-0.4, -0.2) is 56.4 Å². The molecule has 2 bridgehead atoms. The van der Waals surface area contributed by atoms with Crippen molar-refractivity contribution in [1.82, 2.24) is 19.4 Å². The highest BCUT2D eigenvalue weighted by Crippen LogP contribution is 2.71. The van der Waals surface area contributed by atoms with Gasteiger partial charge in [0.1, 0.15) is 5.60 Å². The summed E-state index contributed by atoms with van der Waals surface area (Å²) in [5.74, 6) is 0.691. The van der Waals surface area contributed by atoms with Crippen LogP contribution in [0.5, 0.6) is 0 Å². The van der Waals surface area contributed by atoms with Crippen molar-refractivity contribution < 1.29 is 10.2 Å². The second-order valence-corrected chi connectivity index (χ2v) is 12.4. The summed E-state index contributed by atoms with van der Waals surface area (Å²) < 4.78 is 2.23. The van der Waals surface area contributed by atoms with Gasteiger partial charge in [0.25, 0.3) is 0 Å². The van der Waals surface area contributed by atoms with Crippen molar-refractivity contribution >= 4 is 0 Å². The van der Waals surface area contributed by atoms with Crippen molar-refractivity contribution in [2.24, 2.45) is 10.8 Å². The molecule has 6 heteroatoms. The number of pyridine rings is 1. The number of hydrogen-bond acceptors (Lipinski definition) is 5. The van der Waals surface area contributed by atoms with Crippen LogP contribution < -0.4 is 0 Å². The minimum Gasteiger partial charge on any atom is -0.396 e. The summed E-state index contributed by atoms with van der Waals surface area (Å²) in [5.41, 5.74) is 3.77. The maximum atomic E-state index is 12.5. The molecule has 1 saturated heterocycles. The maximum absolute atomic E-state index is 12.5. The van der Waals surface area contributed by atoms with Crippen LogP contribution in [0.1, 0.15) is 61.6 Å². The van der Waals surface area contributed by atoms with E-state index in [1.54, 1.807) is 0 Å². The molecule has 0 radical (unpaired) electrons. The van der Waals surface area contributed by atoms with Crippen LogP contribution in [0.15, 0.2) is 55.2 Å². The minimum atomic E-state index is -1.14. The molecule has 4 saturated carbocycles. The van der Waals surface area contributed by atoms with Crippen LogP contribution in [0, 0.1) is 10.8 Å². The maximum Gasteiger partial charge on any atom is 0.124 e. The average molecular weight is 471 g/mol. The van der Waals surface area contributed by atoms with E-state index in [-0.39, 0.29) is 23.0 Å². The molecule has 8 rings (SSSR count). The fourth-order valence-electron chi connectivity index (χ4n) is 7.54. The Morgan fingerprint density at radius 3 is 2.40 bits per heavy atom. The Hall–Kier alpha value is -2.54. The lowest BCUT2D eigenvalue weighted by Crippen LogP contribution is -2.68. The molecular weight excluding hydrogens is 436 g/mol. The summed E-state index contributed by atoms with van der Waals surface area (Å²) in [6.07, 6.45) is 13.4. The van der Waals surface area contributed by atoms with Crippen molar-refractivity contribution in [3.05, 3.63) is 71.9 Å². The highest BCUT2D eigenvalue weighted by atomic mass is 16.3. The zero-order valence-electron chi connectivity index (χ0n) is 20.6. The second kappa shape index (κ2) is 7.02. The van der Waals surface area contributed by atoms with E-state index < -0.39 is 5.60 Å². The van der Waals surface area contributed by atoms with Crippen LogP contribution in [0.25, 0.3) is 11.3 Å². The van der Waals surface area contributed by atoms with E-state index in [1.807, 2.05) is 18.7 Å². The summed E-state index contributed by atoms with van der Waals surface area (Å²) in [6, 6.07) is 10.7. The lowest BCUT2D eigenvalue weighted by Gasteiger charge is -2.70. The molecule has 0 spiro atoms. The number of aliphatic hydroxyl groups is 2. The number of imidazole rings is 1. The van der Waals surface area contributed by atoms with Gasteiger partial charge in [-0.1, -0.05) is 31.2 Å². The van der Waals surface area contributed by atoms with Crippen LogP contribution >= 0.6 is 0 Å². The Balaban J connectivity index is 1.24. The molecule has 0 amide bonds. The van der Waals surface area contributed by atoms with Crippen LogP contribution in [0.4, 0.5) is 0 Å². The van der Waals surface area contributed by atoms with Crippen molar-refractivity contribution in [2.45, 2.75) is 56.1 Å². The zero-order chi connectivity index (χ0) is 24.1. The monoisotopic (exact) mass is 470 g/mol.